The Balaban J connectivity index is 1.32. The minimum absolute atomic E-state index is 0.211. The number of hydrogen-bond acceptors (Lipinski definition) is 1. The minimum Gasteiger partial charge on any atom is -0.483 e. The van der Waals surface area contributed by atoms with Gasteiger partial charge in [0.25, 0.3) is 0 Å². The van der Waals surface area contributed by atoms with Gasteiger partial charge in [-0.1, -0.05) is 43.4 Å². The molecule has 8 aliphatic rings. The van der Waals surface area contributed by atoms with Crippen molar-refractivity contribution < 1.29 is 0 Å². The van der Waals surface area contributed by atoms with Crippen molar-refractivity contribution in [2.24, 2.45) is 35.0 Å². The summed E-state index contributed by atoms with van der Waals surface area (Å²) in [6.07, 6.45) is 18.7. The van der Waals surface area contributed by atoms with Crippen LogP contribution in [0.1, 0.15) is 64.7 Å². The van der Waals surface area contributed by atoms with Crippen molar-refractivity contribution in [1.29, 1.82) is 0 Å². The lowest BCUT2D eigenvalue weighted by Gasteiger charge is -2.70. The summed E-state index contributed by atoms with van der Waals surface area (Å²) in [6.45, 7) is 2.64. The van der Waals surface area contributed by atoms with Gasteiger partial charge in [-0.25, -0.2) is 0 Å². The molecule has 8 rings (SSSR count). The molecule has 3 aliphatic heterocycles. The standard InChI is InChI=1S/C20H33BN/c1-19-6-17-5-18(7-19)12-21(11-17,13-19)22-20-8-14-2-15(9-20)4-16(3-14)10-20/h14-18,22H,2-13H2,1H3/q-1/t14?,15?,16?,17-,18+,19?,20?,21?. The van der Waals surface area contributed by atoms with Gasteiger partial charge >= 0.3 is 0 Å². The van der Waals surface area contributed by atoms with Crippen LogP contribution in [-0.2, 0) is 0 Å². The molecule has 5 aliphatic carbocycles. The summed E-state index contributed by atoms with van der Waals surface area (Å²) in [5.74, 6) is 5.47. The van der Waals surface area contributed by atoms with Gasteiger partial charge in [0.05, 0.1) is 6.28 Å². The highest BCUT2D eigenvalue weighted by Gasteiger charge is 2.56. The molecule has 0 amide bonds. The highest BCUT2D eigenvalue weighted by Crippen LogP contribution is 2.63. The SMILES string of the molecule is CC12C[C@@H]3C[C@@H](C[B-](NC45CC6CC(CC(C6)C4)C5)(C3)C1)C2. The zero-order valence-electron chi connectivity index (χ0n) is 14.4. The third kappa shape index (κ3) is 1.82. The normalized spacial score (nSPS) is 64.5. The van der Waals surface area contributed by atoms with E-state index in [1.807, 2.05) is 0 Å². The van der Waals surface area contributed by atoms with Crippen molar-refractivity contribution in [2.75, 3.05) is 0 Å². The first-order chi connectivity index (χ1) is 10.5. The van der Waals surface area contributed by atoms with Crippen LogP contribution < -0.4 is 5.23 Å². The molecule has 8 fully saturated rings. The monoisotopic (exact) mass is 298 g/mol. The fourth-order valence-electron chi connectivity index (χ4n) is 10.2. The van der Waals surface area contributed by atoms with E-state index in [0.717, 1.165) is 35.0 Å². The van der Waals surface area contributed by atoms with E-state index in [4.69, 9.17) is 0 Å². The lowest BCUT2D eigenvalue weighted by Crippen LogP contribution is -2.72. The van der Waals surface area contributed by atoms with Crippen LogP contribution in [0.15, 0.2) is 0 Å². The van der Waals surface area contributed by atoms with Gasteiger partial charge in [0, 0.05) is 0 Å². The summed E-state index contributed by atoms with van der Waals surface area (Å²) in [5, 5.41) is 4.56. The Morgan fingerprint density at radius 3 is 1.73 bits per heavy atom. The Morgan fingerprint density at radius 2 is 1.23 bits per heavy atom. The summed E-state index contributed by atoms with van der Waals surface area (Å²) in [7, 11) is 0. The van der Waals surface area contributed by atoms with Crippen LogP contribution in [0, 0.1) is 35.0 Å². The van der Waals surface area contributed by atoms with Gasteiger partial charge in [-0.05, 0) is 61.8 Å². The summed E-state index contributed by atoms with van der Waals surface area (Å²) >= 11 is 0. The molecule has 0 aromatic heterocycles. The van der Waals surface area contributed by atoms with E-state index in [1.165, 1.54) is 0 Å². The highest BCUT2D eigenvalue weighted by molar-refractivity contribution is 6.78. The second kappa shape index (κ2) is 3.98. The van der Waals surface area contributed by atoms with Crippen LogP contribution in [0.2, 0.25) is 19.0 Å². The molecule has 2 unspecified atom stereocenters. The topological polar surface area (TPSA) is 12.0 Å². The van der Waals surface area contributed by atoms with Gasteiger partial charge in [0.2, 0.25) is 0 Å². The van der Waals surface area contributed by atoms with Crippen molar-refractivity contribution in [3.63, 3.8) is 0 Å². The van der Waals surface area contributed by atoms with E-state index >= 15 is 0 Å². The van der Waals surface area contributed by atoms with Crippen molar-refractivity contribution in [2.45, 2.75) is 89.2 Å². The second-order valence-electron chi connectivity index (χ2n) is 11.7. The first kappa shape index (κ1) is 13.3. The maximum atomic E-state index is 4.56. The molecule has 1 N–H and O–H groups in total. The molecule has 122 valence electrons. The lowest BCUT2D eigenvalue weighted by atomic mass is 9.15. The predicted octanol–water partition coefficient (Wildman–Crippen LogP) is 4.94. The smallest absolute Gasteiger partial charge is 0.0609 e. The van der Waals surface area contributed by atoms with E-state index in [-0.39, 0.29) is 6.28 Å². The second-order valence-corrected chi connectivity index (χ2v) is 11.7. The highest BCUT2D eigenvalue weighted by atomic mass is 15.0. The fraction of sp³-hybridized carbons (Fsp3) is 1.00. The Kier molecular flexibility index (Phi) is 2.41. The average molecular weight is 298 g/mol. The van der Waals surface area contributed by atoms with E-state index < -0.39 is 0 Å². The zero-order chi connectivity index (χ0) is 14.6. The van der Waals surface area contributed by atoms with Gasteiger partial charge < -0.3 is 5.23 Å². The number of nitrogens with one attached hydrogen (secondary N) is 1. The first-order valence-corrected chi connectivity index (χ1v) is 10.5. The van der Waals surface area contributed by atoms with Crippen LogP contribution in [0.5, 0.6) is 0 Å². The molecule has 22 heavy (non-hydrogen) atoms. The van der Waals surface area contributed by atoms with Crippen LogP contribution in [0.3, 0.4) is 0 Å². The Hall–Kier alpha value is 0.0249. The zero-order valence-corrected chi connectivity index (χ0v) is 14.4. The maximum Gasteiger partial charge on any atom is 0.0609 e. The van der Waals surface area contributed by atoms with E-state index in [9.17, 15) is 0 Å². The van der Waals surface area contributed by atoms with Gasteiger partial charge in [-0.2, -0.15) is 19.0 Å². The van der Waals surface area contributed by atoms with Gasteiger partial charge in [0.15, 0.2) is 0 Å². The van der Waals surface area contributed by atoms with Gasteiger partial charge in [0.1, 0.15) is 0 Å². The van der Waals surface area contributed by atoms with Crippen molar-refractivity contribution in [3.8, 4) is 0 Å². The summed E-state index contributed by atoms with van der Waals surface area (Å²) in [6, 6.07) is 0. The Labute approximate surface area is 136 Å². The van der Waals surface area contributed by atoms with Crippen molar-refractivity contribution in [1.82, 2.24) is 5.23 Å². The summed E-state index contributed by atoms with van der Waals surface area (Å²) in [4.78, 5) is 0. The van der Waals surface area contributed by atoms with Crippen molar-refractivity contribution in [3.05, 3.63) is 0 Å². The molecule has 5 saturated carbocycles. The quantitative estimate of drug-likeness (QED) is 0.712. The molecular weight excluding hydrogens is 265 g/mol. The molecule has 0 aromatic rings. The molecule has 0 radical (unpaired) electrons. The van der Waals surface area contributed by atoms with E-state index in [2.05, 4.69) is 12.2 Å². The molecule has 3 saturated heterocycles. The van der Waals surface area contributed by atoms with E-state index in [1.54, 1.807) is 76.7 Å². The first-order valence-electron chi connectivity index (χ1n) is 10.5. The number of hydrogen-bond donors (Lipinski definition) is 1. The Morgan fingerprint density at radius 1 is 0.727 bits per heavy atom. The summed E-state index contributed by atoms with van der Waals surface area (Å²) < 4.78 is 0. The maximum absolute atomic E-state index is 4.56. The van der Waals surface area contributed by atoms with E-state index in [0.29, 0.717) is 5.54 Å². The molecular formula is C20H33BN-. The molecule has 3 heterocycles. The van der Waals surface area contributed by atoms with Crippen molar-refractivity contribution >= 4 is 6.28 Å². The third-order valence-electron chi connectivity index (χ3n) is 9.33. The summed E-state index contributed by atoms with van der Waals surface area (Å²) in [5.41, 5.74) is 1.33. The number of rotatable bonds is 2. The van der Waals surface area contributed by atoms with Crippen LogP contribution in [-0.4, -0.2) is 11.8 Å². The minimum atomic E-state index is -0.211. The molecule has 1 nitrogen and oxygen atoms in total. The fourth-order valence-corrected chi connectivity index (χ4v) is 10.2. The molecule has 2 heteroatoms. The van der Waals surface area contributed by atoms with Gasteiger partial charge in [-0.15, -0.1) is 0 Å². The Bertz CT molecular complexity index is 463. The molecule has 8 bridgehead atoms. The predicted molar refractivity (Wildman–Crippen MR) is 93.2 cm³/mol. The average Bonchev–Trinajstić information content (AvgIpc) is 2.31. The van der Waals surface area contributed by atoms with Crippen LogP contribution >= 0.6 is 0 Å². The van der Waals surface area contributed by atoms with Gasteiger partial charge in [-0.3, -0.25) is 0 Å². The molecule has 0 spiro atoms. The largest absolute Gasteiger partial charge is 0.483 e. The molecule has 0 aromatic carbocycles. The van der Waals surface area contributed by atoms with Crippen LogP contribution in [0.4, 0.5) is 0 Å². The molecule has 4 atom stereocenters. The lowest BCUT2D eigenvalue weighted by molar-refractivity contribution is -0.0126. The third-order valence-corrected chi connectivity index (χ3v) is 9.33. The van der Waals surface area contributed by atoms with Crippen LogP contribution in [0.25, 0.3) is 0 Å².